The van der Waals surface area contributed by atoms with E-state index in [9.17, 15) is 22.4 Å². The Kier molecular flexibility index (Phi) is 6.94. The van der Waals surface area contributed by atoms with Crippen molar-refractivity contribution in [2.75, 3.05) is 0 Å². The molecule has 0 radical (unpaired) electrons. The molecule has 2 fully saturated rings. The highest BCUT2D eigenvalue weighted by atomic mass is 19.3. The van der Waals surface area contributed by atoms with Crippen LogP contribution in [0.2, 0.25) is 0 Å². The summed E-state index contributed by atoms with van der Waals surface area (Å²) < 4.78 is 53.5. The van der Waals surface area contributed by atoms with E-state index in [1.807, 2.05) is 0 Å². The van der Waals surface area contributed by atoms with E-state index in [-0.39, 0.29) is 55.1 Å². The first-order valence-corrected chi connectivity index (χ1v) is 10.8. The highest BCUT2D eigenvalue weighted by Gasteiger charge is 2.35. The Balaban J connectivity index is 1.46. The van der Waals surface area contributed by atoms with E-state index in [2.05, 4.69) is 26.5 Å². The SMILES string of the molecule is O=C(NC(=NC1CC(c2ccc(F)cc2)NN1)NC1CCC(F)(F)CC1)c1ccc(F)cc1. The third-order valence-electron chi connectivity index (χ3n) is 5.84. The number of carbonyl (C=O) groups excluding carboxylic acids is 1. The number of rotatable bonds is 4. The van der Waals surface area contributed by atoms with Crippen molar-refractivity contribution >= 4 is 11.9 Å². The number of aliphatic imine (C=N–C) groups is 1. The topological polar surface area (TPSA) is 77.5 Å². The van der Waals surface area contributed by atoms with Crippen LogP contribution in [0.15, 0.2) is 53.5 Å². The fraction of sp³-hybridized carbons (Fsp3) is 0.391. The second-order valence-electron chi connectivity index (χ2n) is 8.36. The van der Waals surface area contributed by atoms with E-state index in [0.717, 1.165) is 5.56 Å². The van der Waals surface area contributed by atoms with E-state index in [1.165, 1.54) is 36.4 Å². The molecule has 2 atom stereocenters. The average molecular weight is 463 g/mol. The van der Waals surface area contributed by atoms with Crippen molar-refractivity contribution in [3.05, 3.63) is 71.3 Å². The van der Waals surface area contributed by atoms with Crippen molar-refractivity contribution in [3.63, 3.8) is 0 Å². The number of guanidine groups is 1. The van der Waals surface area contributed by atoms with Crippen LogP contribution in [0.3, 0.4) is 0 Å². The maximum absolute atomic E-state index is 13.5. The number of carbonyl (C=O) groups is 1. The lowest BCUT2D eigenvalue weighted by atomic mass is 9.92. The van der Waals surface area contributed by atoms with Gasteiger partial charge in [-0.3, -0.25) is 10.1 Å². The molecule has 4 N–H and O–H groups in total. The van der Waals surface area contributed by atoms with Gasteiger partial charge in [0.2, 0.25) is 5.92 Å². The van der Waals surface area contributed by atoms with Crippen LogP contribution in [0.25, 0.3) is 0 Å². The number of alkyl halides is 2. The molecule has 1 aliphatic carbocycles. The van der Waals surface area contributed by atoms with Gasteiger partial charge in [-0.05, 0) is 54.8 Å². The number of amides is 1. The van der Waals surface area contributed by atoms with Crippen LogP contribution in [-0.4, -0.2) is 30.0 Å². The zero-order valence-electron chi connectivity index (χ0n) is 17.8. The summed E-state index contributed by atoms with van der Waals surface area (Å²) in [6, 6.07) is 10.8. The third kappa shape index (κ3) is 6.29. The molecule has 2 aromatic rings. The summed E-state index contributed by atoms with van der Waals surface area (Å²) in [6.07, 6.45) is 0.104. The van der Waals surface area contributed by atoms with Crippen LogP contribution < -0.4 is 21.5 Å². The predicted octanol–water partition coefficient (Wildman–Crippen LogP) is 3.78. The Hall–Kier alpha value is -2.98. The van der Waals surface area contributed by atoms with Crippen LogP contribution in [-0.2, 0) is 0 Å². The largest absolute Gasteiger partial charge is 0.353 e. The monoisotopic (exact) mass is 463 g/mol. The molecule has 0 bridgehead atoms. The maximum Gasteiger partial charge on any atom is 0.257 e. The normalized spacial score (nSPS) is 23.3. The lowest BCUT2D eigenvalue weighted by Gasteiger charge is -2.30. The molecule has 1 amide bonds. The van der Waals surface area contributed by atoms with Crippen molar-refractivity contribution in [2.24, 2.45) is 4.99 Å². The van der Waals surface area contributed by atoms with Crippen molar-refractivity contribution in [2.45, 2.75) is 56.3 Å². The molecule has 33 heavy (non-hydrogen) atoms. The number of benzene rings is 2. The summed E-state index contributed by atoms with van der Waals surface area (Å²) in [6.45, 7) is 0. The molecule has 6 nitrogen and oxygen atoms in total. The van der Waals surface area contributed by atoms with E-state index in [1.54, 1.807) is 12.1 Å². The Morgan fingerprint density at radius 3 is 2.18 bits per heavy atom. The molecule has 4 rings (SSSR count). The summed E-state index contributed by atoms with van der Waals surface area (Å²) in [5.41, 5.74) is 7.24. The average Bonchev–Trinajstić information content (AvgIpc) is 3.24. The zero-order chi connectivity index (χ0) is 23.4. The number of nitrogens with zero attached hydrogens (tertiary/aromatic N) is 1. The quantitative estimate of drug-likeness (QED) is 0.316. The van der Waals surface area contributed by atoms with Gasteiger partial charge in [-0.25, -0.2) is 33.4 Å². The van der Waals surface area contributed by atoms with Crippen LogP contribution in [0.4, 0.5) is 17.6 Å². The van der Waals surface area contributed by atoms with Gasteiger partial charge in [0.05, 0.1) is 0 Å². The molecular weight excluding hydrogens is 438 g/mol. The van der Waals surface area contributed by atoms with Crippen LogP contribution in [0.1, 0.15) is 54.1 Å². The molecule has 1 aliphatic heterocycles. The number of hydrazine groups is 1. The van der Waals surface area contributed by atoms with Crippen LogP contribution in [0.5, 0.6) is 0 Å². The first-order chi connectivity index (χ1) is 15.8. The molecule has 0 aromatic heterocycles. The molecule has 1 saturated heterocycles. The van der Waals surface area contributed by atoms with Gasteiger partial charge in [0.25, 0.3) is 5.91 Å². The van der Waals surface area contributed by atoms with E-state index in [4.69, 9.17) is 0 Å². The first-order valence-electron chi connectivity index (χ1n) is 10.8. The van der Waals surface area contributed by atoms with E-state index in [0.29, 0.717) is 6.42 Å². The van der Waals surface area contributed by atoms with Gasteiger partial charge in [0, 0.05) is 36.9 Å². The molecule has 1 saturated carbocycles. The fourth-order valence-electron chi connectivity index (χ4n) is 3.96. The summed E-state index contributed by atoms with van der Waals surface area (Å²) in [5, 5.41) is 5.77. The second kappa shape index (κ2) is 9.88. The Bertz CT molecular complexity index is 987. The van der Waals surface area contributed by atoms with Crippen LogP contribution >= 0.6 is 0 Å². The number of halogens is 4. The first kappa shape index (κ1) is 23.2. The fourth-order valence-corrected chi connectivity index (χ4v) is 3.96. The van der Waals surface area contributed by atoms with Crippen molar-refractivity contribution in [1.29, 1.82) is 0 Å². The highest BCUT2D eigenvalue weighted by molar-refractivity contribution is 6.05. The minimum Gasteiger partial charge on any atom is -0.353 e. The maximum atomic E-state index is 13.5. The molecule has 10 heteroatoms. The second-order valence-corrected chi connectivity index (χ2v) is 8.36. The summed E-state index contributed by atoms with van der Waals surface area (Å²) in [5.74, 6) is -3.81. The smallest absolute Gasteiger partial charge is 0.257 e. The summed E-state index contributed by atoms with van der Waals surface area (Å²) in [4.78, 5) is 17.2. The standard InChI is InChI=1S/C23H25F4N5O/c24-16-5-1-14(2-6-16)19-13-20(32-31-19)29-22(28-18-9-11-23(26,27)12-10-18)30-21(33)15-3-7-17(25)8-4-15/h1-8,18-20,31-32H,9-13H2,(H2,28,29,30,33). The minimum atomic E-state index is -2.67. The lowest BCUT2D eigenvalue weighted by Crippen LogP contribution is -2.49. The third-order valence-corrected chi connectivity index (χ3v) is 5.84. The molecule has 0 spiro atoms. The van der Waals surface area contributed by atoms with Crippen LogP contribution in [0, 0.1) is 11.6 Å². The van der Waals surface area contributed by atoms with Gasteiger partial charge in [-0.15, -0.1) is 0 Å². The Morgan fingerprint density at radius 2 is 1.55 bits per heavy atom. The zero-order valence-corrected chi connectivity index (χ0v) is 17.8. The summed E-state index contributed by atoms with van der Waals surface area (Å²) in [7, 11) is 0. The van der Waals surface area contributed by atoms with E-state index >= 15 is 0 Å². The van der Waals surface area contributed by atoms with Crippen molar-refractivity contribution < 1.29 is 22.4 Å². The molecule has 1 heterocycles. The van der Waals surface area contributed by atoms with Gasteiger partial charge in [-0.1, -0.05) is 12.1 Å². The Morgan fingerprint density at radius 1 is 0.939 bits per heavy atom. The Labute approximate surface area is 188 Å². The minimum absolute atomic E-state index is 0.123. The molecule has 176 valence electrons. The van der Waals surface area contributed by atoms with Gasteiger partial charge in [0.1, 0.15) is 17.8 Å². The summed E-state index contributed by atoms with van der Waals surface area (Å²) >= 11 is 0. The molecule has 2 unspecified atom stereocenters. The van der Waals surface area contributed by atoms with Gasteiger partial charge < -0.3 is 5.32 Å². The molecule has 2 aliphatic rings. The predicted molar refractivity (Wildman–Crippen MR) is 115 cm³/mol. The van der Waals surface area contributed by atoms with Gasteiger partial charge >= 0.3 is 0 Å². The van der Waals surface area contributed by atoms with Crippen molar-refractivity contribution in [3.8, 4) is 0 Å². The number of nitrogens with one attached hydrogen (secondary N) is 4. The van der Waals surface area contributed by atoms with Crippen molar-refractivity contribution in [1.82, 2.24) is 21.5 Å². The number of hydrogen-bond acceptors (Lipinski definition) is 4. The number of hydrogen-bond donors (Lipinski definition) is 4. The molecule has 2 aromatic carbocycles. The van der Waals surface area contributed by atoms with Gasteiger partial charge in [-0.2, -0.15) is 0 Å². The van der Waals surface area contributed by atoms with Gasteiger partial charge in [0.15, 0.2) is 5.96 Å². The molecular formula is C23H25F4N5O. The van der Waals surface area contributed by atoms with E-state index < -0.39 is 23.8 Å². The highest BCUT2D eigenvalue weighted by Crippen LogP contribution is 2.33. The lowest BCUT2D eigenvalue weighted by molar-refractivity contribution is -0.0391.